The number of anilines is 1. The molecule has 0 radical (unpaired) electrons. The number of ketones is 1. The van der Waals surface area contributed by atoms with E-state index in [4.69, 9.17) is 14.2 Å². The zero-order valence-corrected chi connectivity index (χ0v) is 26.6. The number of fused-ring (bicyclic) bond motifs is 1. The van der Waals surface area contributed by atoms with Crippen LogP contribution in [0.2, 0.25) is 0 Å². The number of rotatable bonds is 12. The molecule has 2 heterocycles. The Balaban J connectivity index is 1.45. The van der Waals surface area contributed by atoms with Crippen molar-refractivity contribution in [3.8, 4) is 11.6 Å². The van der Waals surface area contributed by atoms with Crippen LogP contribution in [0.4, 0.5) is 5.82 Å². The highest BCUT2D eigenvalue weighted by atomic mass is 32.1. The highest BCUT2D eigenvalue weighted by Gasteiger charge is 2.30. The van der Waals surface area contributed by atoms with Crippen molar-refractivity contribution in [2.45, 2.75) is 90.2 Å². The van der Waals surface area contributed by atoms with E-state index in [0.717, 1.165) is 35.7 Å². The second kappa shape index (κ2) is 14.0. The first kappa shape index (κ1) is 32.6. The van der Waals surface area contributed by atoms with Crippen LogP contribution in [-0.2, 0) is 11.2 Å². The Morgan fingerprint density at radius 2 is 1.69 bits per heavy atom. The van der Waals surface area contributed by atoms with E-state index in [1.54, 1.807) is 0 Å². The fourth-order valence-electron chi connectivity index (χ4n) is 4.88. The van der Waals surface area contributed by atoms with E-state index in [0.29, 0.717) is 62.2 Å². The van der Waals surface area contributed by atoms with E-state index in [1.807, 2.05) is 53.7 Å². The molecule has 1 fully saturated rings. The summed E-state index contributed by atoms with van der Waals surface area (Å²) in [5, 5.41) is 27.5. The minimum absolute atomic E-state index is 0.0972. The van der Waals surface area contributed by atoms with Gasteiger partial charge in [0.1, 0.15) is 37.3 Å². The standard InChI is InChI=1S/C30H47N5O6S/c1-29(2,3)31-14-20(36)17-40-25-13-19(12-23-22(25)8-7-9-24(23)38)26-16-35(10-11-39-26)27-28(34-42-33-27)41-18-21(37)15-32-30(4,5)6/h12-13,20-21,26,31-32,36-37H,7-11,14-18H2,1-6H3/t20-,21-,26?/m0/s1. The summed E-state index contributed by atoms with van der Waals surface area (Å²) < 4.78 is 27.0. The number of carbonyl (C=O) groups excluding carboxylic acids is 1. The van der Waals surface area contributed by atoms with Gasteiger partial charge in [-0.15, -0.1) is 4.37 Å². The summed E-state index contributed by atoms with van der Waals surface area (Å²) in [7, 11) is 0. The number of ether oxygens (including phenoxy) is 3. The van der Waals surface area contributed by atoms with Gasteiger partial charge in [0.15, 0.2) is 5.78 Å². The number of carbonyl (C=O) groups is 1. The van der Waals surface area contributed by atoms with Gasteiger partial charge in [0.05, 0.1) is 24.9 Å². The normalized spacial score (nSPS) is 19.4. The Bertz CT molecular complexity index is 1190. The van der Waals surface area contributed by atoms with E-state index >= 15 is 0 Å². The van der Waals surface area contributed by atoms with Crippen LogP contribution >= 0.6 is 11.7 Å². The second-order valence-electron chi connectivity index (χ2n) is 13.2. The van der Waals surface area contributed by atoms with Gasteiger partial charge in [-0.1, -0.05) is 0 Å². The van der Waals surface area contributed by atoms with E-state index in [1.165, 1.54) is 0 Å². The Morgan fingerprint density at radius 1 is 1.02 bits per heavy atom. The summed E-state index contributed by atoms with van der Waals surface area (Å²) in [6.45, 7) is 14.8. The van der Waals surface area contributed by atoms with Gasteiger partial charge in [-0.25, -0.2) is 0 Å². The molecule has 3 atom stereocenters. The van der Waals surface area contributed by atoms with Crippen molar-refractivity contribution in [1.29, 1.82) is 0 Å². The van der Waals surface area contributed by atoms with Crippen LogP contribution in [0, 0.1) is 0 Å². The topological polar surface area (TPSA) is 138 Å². The molecule has 1 aromatic heterocycles. The number of morpholine rings is 1. The fourth-order valence-corrected chi connectivity index (χ4v) is 5.40. The molecule has 1 saturated heterocycles. The zero-order valence-electron chi connectivity index (χ0n) is 25.7. The summed E-state index contributed by atoms with van der Waals surface area (Å²) in [6, 6.07) is 3.88. The first-order chi connectivity index (χ1) is 19.8. The third-order valence-corrected chi connectivity index (χ3v) is 7.62. The number of β-amino-alcohol motifs (C(OH)–C–C–N with tert-alkyl or cyclic N) is 2. The van der Waals surface area contributed by atoms with Gasteiger partial charge in [0.25, 0.3) is 5.88 Å². The highest BCUT2D eigenvalue weighted by Crippen LogP contribution is 2.37. The predicted molar refractivity (Wildman–Crippen MR) is 163 cm³/mol. The van der Waals surface area contributed by atoms with E-state index < -0.39 is 12.2 Å². The van der Waals surface area contributed by atoms with E-state index in [2.05, 4.69) is 24.3 Å². The van der Waals surface area contributed by atoms with Gasteiger partial charge < -0.3 is 40.0 Å². The molecule has 12 heteroatoms. The molecule has 1 aromatic carbocycles. The van der Waals surface area contributed by atoms with Crippen molar-refractivity contribution in [2.24, 2.45) is 0 Å². The van der Waals surface area contributed by atoms with Gasteiger partial charge in [0.2, 0.25) is 5.82 Å². The summed E-state index contributed by atoms with van der Waals surface area (Å²) >= 11 is 1.06. The van der Waals surface area contributed by atoms with Gasteiger partial charge >= 0.3 is 0 Å². The molecule has 1 unspecified atom stereocenters. The Labute approximate surface area is 253 Å². The quantitative estimate of drug-likeness (QED) is 0.284. The lowest BCUT2D eigenvalue weighted by Gasteiger charge is -2.34. The molecular weight excluding hydrogens is 558 g/mol. The number of nitrogens with one attached hydrogen (secondary N) is 2. The molecular formula is C30H47N5O6S. The van der Waals surface area contributed by atoms with Gasteiger partial charge in [-0.2, -0.15) is 4.37 Å². The average Bonchev–Trinajstić information content (AvgIpc) is 3.41. The molecule has 42 heavy (non-hydrogen) atoms. The summed E-state index contributed by atoms with van der Waals surface area (Å²) in [4.78, 5) is 15.0. The molecule has 2 aromatic rings. The summed E-state index contributed by atoms with van der Waals surface area (Å²) in [6.07, 6.45) is 0.336. The SMILES string of the molecule is CC(C)(C)NC[C@H](O)COc1cc(C2CN(c3nsnc3OC[C@@H](O)CNC(C)(C)C)CCO2)cc2c1CCCC2=O. The summed E-state index contributed by atoms with van der Waals surface area (Å²) in [5.74, 6) is 1.73. The van der Waals surface area contributed by atoms with Gasteiger partial charge in [-0.3, -0.25) is 4.79 Å². The number of aliphatic hydroxyl groups excluding tert-OH is 2. The molecule has 0 amide bonds. The van der Waals surface area contributed by atoms with Crippen molar-refractivity contribution in [3.05, 3.63) is 28.8 Å². The molecule has 0 spiro atoms. The minimum atomic E-state index is -0.692. The molecule has 11 nitrogen and oxygen atoms in total. The lowest BCUT2D eigenvalue weighted by atomic mass is 9.87. The smallest absolute Gasteiger partial charge is 0.270 e. The predicted octanol–water partition coefficient (Wildman–Crippen LogP) is 2.89. The first-order valence-corrected chi connectivity index (χ1v) is 15.5. The third-order valence-electron chi connectivity index (χ3n) is 7.12. The van der Waals surface area contributed by atoms with Crippen molar-refractivity contribution in [1.82, 2.24) is 19.4 Å². The summed E-state index contributed by atoms with van der Waals surface area (Å²) in [5.41, 5.74) is 2.21. The number of Topliss-reactive ketones (excluding diaryl/α,β-unsaturated/α-hetero) is 1. The van der Waals surface area contributed by atoms with Crippen LogP contribution in [0.5, 0.6) is 11.6 Å². The average molecular weight is 606 g/mol. The van der Waals surface area contributed by atoms with Crippen molar-refractivity contribution in [3.63, 3.8) is 0 Å². The molecule has 2 aliphatic rings. The largest absolute Gasteiger partial charge is 0.491 e. The Hall–Kier alpha value is -2.35. The lowest BCUT2D eigenvalue weighted by molar-refractivity contribution is 0.0387. The molecule has 0 saturated carbocycles. The van der Waals surface area contributed by atoms with Crippen LogP contribution in [-0.4, -0.2) is 94.0 Å². The fraction of sp³-hybridized carbons (Fsp3) is 0.700. The van der Waals surface area contributed by atoms with Gasteiger partial charge in [0, 0.05) is 48.3 Å². The van der Waals surface area contributed by atoms with Crippen LogP contribution < -0.4 is 25.0 Å². The molecule has 4 rings (SSSR count). The number of aromatic nitrogens is 2. The number of nitrogens with zero attached hydrogens (tertiary/aromatic N) is 3. The minimum Gasteiger partial charge on any atom is -0.491 e. The van der Waals surface area contributed by atoms with Crippen LogP contribution in [0.1, 0.15) is 82.0 Å². The maximum Gasteiger partial charge on any atom is 0.270 e. The Kier molecular flexibility index (Phi) is 10.8. The second-order valence-corrected chi connectivity index (χ2v) is 13.7. The molecule has 1 aliphatic heterocycles. The molecule has 1 aliphatic carbocycles. The van der Waals surface area contributed by atoms with Gasteiger partial charge in [-0.05, 0) is 72.1 Å². The maximum atomic E-state index is 12.9. The number of benzene rings is 1. The maximum absolute atomic E-state index is 12.9. The van der Waals surface area contributed by atoms with Crippen molar-refractivity contribution in [2.75, 3.05) is 50.9 Å². The van der Waals surface area contributed by atoms with Crippen LogP contribution in [0.25, 0.3) is 0 Å². The third kappa shape index (κ3) is 9.32. The van der Waals surface area contributed by atoms with Crippen molar-refractivity contribution < 1.29 is 29.2 Å². The van der Waals surface area contributed by atoms with Crippen LogP contribution in [0.3, 0.4) is 0 Å². The highest BCUT2D eigenvalue weighted by molar-refractivity contribution is 6.99. The first-order valence-electron chi connectivity index (χ1n) is 14.8. The monoisotopic (exact) mass is 605 g/mol. The number of aliphatic hydroxyl groups is 2. The zero-order chi connectivity index (χ0) is 30.5. The lowest BCUT2D eigenvalue weighted by Crippen LogP contribution is -2.42. The Morgan fingerprint density at radius 3 is 2.36 bits per heavy atom. The van der Waals surface area contributed by atoms with Crippen LogP contribution in [0.15, 0.2) is 12.1 Å². The molecule has 234 valence electrons. The number of hydrogen-bond donors (Lipinski definition) is 4. The van der Waals surface area contributed by atoms with E-state index in [-0.39, 0.29) is 36.2 Å². The van der Waals surface area contributed by atoms with E-state index in [9.17, 15) is 15.0 Å². The molecule has 4 N–H and O–H groups in total. The number of hydrogen-bond acceptors (Lipinski definition) is 12. The van der Waals surface area contributed by atoms with Crippen molar-refractivity contribution >= 4 is 23.3 Å². The molecule has 0 bridgehead atoms.